The maximum atomic E-state index is 14.0. The number of halogens is 2. The smallest absolute Gasteiger partial charge is 0.142 e. The van der Waals surface area contributed by atoms with Crippen LogP contribution in [0.3, 0.4) is 0 Å². The molecule has 0 spiro atoms. The molecule has 0 fully saturated rings. The molecule has 2 N–H and O–H groups in total. The summed E-state index contributed by atoms with van der Waals surface area (Å²) in [6.45, 7) is 0. The zero-order valence-electron chi connectivity index (χ0n) is 10.6. The molecule has 0 aliphatic carbocycles. The third-order valence-corrected chi connectivity index (χ3v) is 3.63. The average molecular weight is 324 g/mol. The van der Waals surface area contributed by atoms with Crippen LogP contribution >= 0.6 is 15.9 Å². The summed E-state index contributed by atoms with van der Waals surface area (Å²) < 4.78 is 19.7. The fourth-order valence-corrected chi connectivity index (χ4v) is 2.41. The van der Waals surface area contributed by atoms with Crippen LogP contribution < -0.4 is 10.5 Å². The van der Waals surface area contributed by atoms with Gasteiger partial charge in [0.05, 0.1) is 11.6 Å². The van der Waals surface area contributed by atoms with Crippen molar-refractivity contribution in [2.45, 2.75) is 12.5 Å². The molecule has 19 heavy (non-hydrogen) atoms. The van der Waals surface area contributed by atoms with Crippen LogP contribution in [0.1, 0.15) is 17.2 Å². The Hall–Kier alpha value is -1.39. The molecule has 2 aromatic carbocycles. The van der Waals surface area contributed by atoms with Gasteiger partial charge in [0.2, 0.25) is 0 Å². The lowest BCUT2D eigenvalue weighted by Crippen LogP contribution is -2.15. The molecule has 0 aliphatic heterocycles. The van der Waals surface area contributed by atoms with Crippen molar-refractivity contribution in [3.8, 4) is 5.75 Å². The maximum Gasteiger partial charge on any atom is 0.142 e. The van der Waals surface area contributed by atoms with E-state index in [2.05, 4.69) is 15.9 Å². The molecule has 1 atom stereocenters. The van der Waals surface area contributed by atoms with Gasteiger partial charge in [0.25, 0.3) is 0 Å². The minimum atomic E-state index is -0.409. The van der Waals surface area contributed by atoms with Gasteiger partial charge in [-0.3, -0.25) is 0 Å². The molecule has 2 nitrogen and oxygen atoms in total. The molecule has 0 amide bonds. The minimum Gasteiger partial charge on any atom is -0.496 e. The first-order chi connectivity index (χ1) is 9.13. The van der Waals surface area contributed by atoms with Gasteiger partial charge in [-0.2, -0.15) is 0 Å². The molecular weight excluding hydrogens is 309 g/mol. The monoisotopic (exact) mass is 323 g/mol. The number of nitrogens with two attached hydrogens (primary N) is 1. The summed E-state index contributed by atoms with van der Waals surface area (Å²) in [7, 11) is 1.62. The van der Waals surface area contributed by atoms with Crippen LogP contribution in [0, 0.1) is 5.82 Å². The topological polar surface area (TPSA) is 35.2 Å². The van der Waals surface area contributed by atoms with E-state index in [1.54, 1.807) is 25.3 Å². The third-order valence-electron chi connectivity index (χ3n) is 3.01. The van der Waals surface area contributed by atoms with Crippen LogP contribution in [0.15, 0.2) is 46.9 Å². The minimum absolute atomic E-state index is 0.301. The largest absolute Gasteiger partial charge is 0.496 e. The number of methoxy groups -OCH3 is 1. The molecule has 0 radical (unpaired) electrons. The fourth-order valence-electron chi connectivity index (χ4n) is 2.03. The van der Waals surface area contributed by atoms with E-state index in [1.165, 1.54) is 0 Å². The first-order valence-corrected chi connectivity index (χ1v) is 6.74. The van der Waals surface area contributed by atoms with Crippen molar-refractivity contribution >= 4 is 15.9 Å². The summed E-state index contributed by atoms with van der Waals surface area (Å²) in [5, 5.41) is 0. The predicted molar refractivity (Wildman–Crippen MR) is 77.7 cm³/mol. The van der Waals surface area contributed by atoms with Gasteiger partial charge in [0.1, 0.15) is 11.6 Å². The number of ether oxygens (including phenoxy) is 1. The second-order valence-electron chi connectivity index (χ2n) is 4.27. The molecular formula is C15H15BrFNO. The Morgan fingerprint density at radius 3 is 2.68 bits per heavy atom. The Kier molecular flexibility index (Phi) is 4.56. The van der Waals surface area contributed by atoms with Crippen molar-refractivity contribution in [3.05, 3.63) is 63.9 Å². The summed E-state index contributed by atoms with van der Waals surface area (Å²) in [6.07, 6.45) is 0.525. The van der Waals surface area contributed by atoms with Crippen molar-refractivity contribution in [2.24, 2.45) is 5.73 Å². The fraction of sp³-hybridized carbons (Fsp3) is 0.200. The lowest BCUT2D eigenvalue weighted by Gasteiger charge is -2.15. The number of hydrogen-bond donors (Lipinski definition) is 1. The number of para-hydroxylation sites is 1. The average Bonchev–Trinajstić information content (AvgIpc) is 2.42. The molecule has 0 saturated heterocycles. The van der Waals surface area contributed by atoms with Crippen molar-refractivity contribution in [1.29, 1.82) is 0 Å². The van der Waals surface area contributed by atoms with Crippen molar-refractivity contribution in [3.63, 3.8) is 0 Å². The summed E-state index contributed by atoms with van der Waals surface area (Å²) in [6, 6.07) is 12.4. The van der Waals surface area contributed by atoms with Crippen molar-refractivity contribution in [2.75, 3.05) is 7.11 Å². The van der Waals surface area contributed by atoms with Gasteiger partial charge in [-0.05, 0) is 40.0 Å². The van der Waals surface area contributed by atoms with E-state index in [9.17, 15) is 4.39 Å². The van der Waals surface area contributed by atoms with Crippen LogP contribution in [-0.4, -0.2) is 7.11 Å². The highest BCUT2D eigenvalue weighted by molar-refractivity contribution is 9.10. The zero-order valence-corrected chi connectivity index (χ0v) is 12.2. The van der Waals surface area contributed by atoms with Crippen LogP contribution in [0.2, 0.25) is 0 Å². The van der Waals surface area contributed by atoms with Crippen LogP contribution in [0.4, 0.5) is 4.39 Å². The SMILES string of the molecule is COc1ccccc1CC(N)c1cccc(Br)c1F. The second-order valence-corrected chi connectivity index (χ2v) is 5.12. The number of hydrogen-bond acceptors (Lipinski definition) is 2. The summed E-state index contributed by atoms with van der Waals surface area (Å²) in [5.74, 6) is 0.471. The summed E-state index contributed by atoms with van der Waals surface area (Å²) in [5.41, 5.74) is 7.57. The Morgan fingerprint density at radius 2 is 1.95 bits per heavy atom. The standard InChI is InChI=1S/C15H15BrFNO/c1-19-14-8-3-2-5-10(14)9-13(18)11-6-4-7-12(16)15(11)17/h2-8,13H,9,18H2,1H3. The highest BCUT2D eigenvalue weighted by atomic mass is 79.9. The van der Waals surface area contributed by atoms with E-state index < -0.39 is 6.04 Å². The van der Waals surface area contributed by atoms with Gasteiger partial charge in [-0.15, -0.1) is 0 Å². The number of benzene rings is 2. The highest BCUT2D eigenvalue weighted by Gasteiger charge is 2.15. The van der Waals surface area contributed by atoms with Gasteiger partial charge in [-0.1, -0.05) is 30.3 Å². The Labute approximate surface area is 120 Å². The lowest BCUT2D eigenvalue weighted by molar-refractivity contribution is 0.407. The quantitative estimate of drug-likeness (QED) is 0.927. The predicted octanol–water partition coefficient (Wildman–Crippen LogP) is 3.84. The van der Waals surface area contributed by atoms with Gasteiger partial charge in [0.15, 0.2) is 0 Å². The molecule has 2 rings (SSSR count). The van der Waals surface area contributed by atoms with Crippen molar-refractivity contribution in [1.82, 2.24) is 0 Å². The molecule has 0 aromatic heterocycles. The second kappa shape index (κ2) is 6.17. The Balaban J connectivity index is 2.26. The molecule has 0 aliphatic rings. The van der Waals surface area contributed by atoms with E-state index in [-0.39, 0.29) is 5.82 Å². The third kappa shape index (κ3) is 3.14. The van der Waals surface area contributed by atoms with Crippen molar-refractivity contribution < 1.29 is 9.13 Å². The molecule has 0 saturated carbocycles. The van der Waals surface area contributed by atoms with E-state index in [0.717, 1.165) is 11.3 Å². The highest BCUT2D eigenvalue weighted by Crippen LogP contribution is 2.27. The van der Waals surface area contributed by atoms with Gasteiger partial charge >= 0.3 is 0 Å². The van der Waals surface area contributed by atoms with Crippen LogP contribution in [0.5, 0.6) is 5.75 Å². The normalized spacial score (nSPS) is 12.2. The van der Waals surface area contributed by atoms with E-state index in [1.807, 2.05) is 24.3 Å². The van der Waals surface area contributed by atoms with E-state index in [0.29, 0.717) is 16.5 Å². The molecule has 2 aromatic rings. The van der Waals surface area contributed by atoms with Crippen LogP contribution in [-0.2, 0) is 6.42 Å². The molecule has 4 heteroatoms. The van der Waals surface area contributed by atoms with Gasteiger partial charge in [0, 0.05) is 11.6 Å². The first-order valence-electron chi connectivity index (χ1n) is 5.95. The van der Waals surface area contributed by atoms with E-state index >= 15 is 0 Å². The Bertz CT molecular complexity index is 574. The van der Waals surface area contributed by atoms with E-state index in [4.69, 9.17) is 10.5 Å². The van der Waals surface area contributed by atoms with Crippen LogP contribution in [0.25, 0.3) is 0 Å². The first kappa shape index (κ1) is 14.0. The summed E-state index contributed by atoms with van der Waals surface area (Å²) in [4.78, 5) is 0. The molecule has 100 valence electrons. The molecule has 0 bridgehead atoms. The molecule has 0 heterocycles. The van der Waals surface area contributed by atoms with Gasteiger partial charge in [-0.25, -0.2) is 4.39 Å². The zero-order chi connectivity index (χ0) is 13.8. The molecule has 1 unspecified atom stereocenters. The maximum absolute atomic E-state index is 14.0. The lowest BCUT2D eigenvalue weighted by atomic mass is 9.98. The number of rotatable bonds is 4. The summed E-state index contributed by atoms with van der Waals surface area (Å²) >= 11 is 3.17. The van der Waals surface area contributed by atoms with Gasteiger partial charge < -0.3 is 10.5 Å². The Morgan fingerprint density at radius 1 is 1.21 bits per heavy atom.